The summed E-state index contributed by atoms with van der Waals surface area (Å²) in [5, 5.41) is 7.75. The van der Waals surface area contributed by atoms with Crippen molar-refractivity contribution < 1.29 is 19.1 Å². The fourth-order valence-corrected chi connectivity index (χ4v) is 2.16. The van der Waals surface area contributed by atoms with Gasteiger partial charge in [-0.3, -0.25) is 9.59 Å². The van der Waals surface area contributed by atoms with Crippen LogP contribution in [0.5, 0.6) is 0 Å². The molecule has 1 aromatic carbocycles. The Morgan fingerprint density at radius 2 is 1.58 bits per heavy atom. The van der Waals surface area contributed by atoms with Crippen LogP contribution in [0.15, 0.2) is 24.3 Å². The van der Waals surface area contributed by atoms with Gasteiger partial charge in [0.05, 0.1) is 6.54 Å². The van der Waals surface area contributed by atoms with Crippen molar-refractivity contribution in [2.24, 2.45) is 0 Å². The van der Waals surface area contributed by atoms with Crippen molar-refractivity contribution in [3.63, 3.8) is 0 Å². The van der Waals surface area contributed by atoms with Crippen molar-refractivity contribution in [1.29, 1.82) is 0 Å². The number of carbonyl (C=O) groups excluding carboxylic acids is 3. The fraction of sp³-hybridized carbons (Fsp3) is 0.526. The summed E-state index contributed by atoms with van der Waals surface area (Å²) in [6.07, 6.45) is 0.445. The van der Waals surface area contributed by atoms with Gasteiger partial charge in [0.2, 0.25) is 11.8 Å². The molecule has 3 N–H and O–H groups in total. The summed E-state index contributed by atoms with van der Waals surface area (Å²) < 4.78 is 5.03. The molecule has 0 spiro atoms. The molecule has 0 bridgehead atoms. The van der Waals surface area contributed by atoms with E-state index in [1.54, 1.807) is 20.8 Å². The van der Waals surface area contributed by atoms with Gasteiger partial charge in [-0.2, -0.15) is 0 Å². The summed E-state index contributed by atoms with van der Waals surface area (Å²) in [5.41, 5.74) is 1.72. The van der Waals surface area contributed by atoms with Gasteiger partial charge < -0.3 is 20.7 Å². The molecule has 0 heterocycles. The number of hydrogen-bond acceptors (Lipinski definition) is 4. The second-order valence-electron chi connectivity index (χ2n) is 6.98. The zero-order valence-electron chi connectivity index (χ0n) is 16.0. The first-order valence-corrected chi connectivity index (χ1v) is 8.72. The SMILES string of the molecule is Cc1ccccc1CCC(=O)NCCNC(=O)CNC(=O)OC(C)(C)C. The van der Waals surface area contributed by atoms with Crippen LogP contribution < -0.4 is 16.0 Å². The van der Waals surface area contributed by atoms with Gasteiger partial charge in [0.1, 0.15) is 5.60 Å². The molecule has 0 aromatic heterocycles. The van der Waals surface area contributed by atoms with Crippen molar-refractivity contribution in [1.82, 2.24) is 16.0 Å². The predicted octanol–water partition coefficient (Wildman–Crippen LogP) is 1.68. The second-order valence-corrected chi connectivity index (χ2v) is 6.98. The third-order valence-electron chi connectivity index (χ3n) is 3.44. The van der Waals surface area contributed by atoms with Crippen molar-refractivity contribution in [2.75, 3.05) is 19.6 Å². The van der Waals surface area contributed by atoms with E-state index < -0.39 is 11.7 Å². The maximum atomic E-state index is 11.8. The van der Waals surface area contributed by atoms with Crippen LogP contribution in [-0.2, 0) is 20.7 Å². The number of hydrogen-bond donors (Lipinski definition) is 3. The molecule has 0 fully saturated rings. The van der Waals surface area contributed by atoms with Crippen LogP contribution in [0, 0.1) is 6.92 Å². The molecule has 0 saturated carbocycles. The zero-order valence-corrected chi connectivity index (χ0v) is 16.0. The van der Waals surface area contributed by atoms with E-state index in [1.165, 1.54) is 5.56 Å². The zero-order chi connectivity index (χ0) is 19.6. The summed E-state index contributed by atoms with van der Waals surface area (Å²) >= 11 is 0. The highest BCUT2D eigenvalue weighted by atomic mass is 16.6. The van der Waals surface area contributed by atoms with Crippen molar-refractivity contribution in [2.45, 2.75) is 46.1 Å². The van der Waals surface area contributed by atoms with Gasteiger partial charge >= 0.3 is 6.09 Å². The van der Waals surface area contributed by atoms with Gasteiger partial charge in [-0.1, -0.05) is 24.3 Å². The molecule has 7 heteroatoms. The monoisotopic (exact) mass is 363 g/mol. The Balaban J connectivity index is 2.12. The van der Waals surface area contributed by atoms with Crippen LogP contribution in [0.4, 0.5) is 4.79 Å². The molecule has 144 valence electrons. The molecular formula is C19H29N3O4. The smallest absolute Gasteiger partial charge is 0.408 e. The molecule has 0 aliphatic rings. The number of ether oxygens (including phenoxy) is 1. The van der Waals surface area contributed by atoms with E-state index in [9.17, 15) is 14.4 Å². The van der Waals surface area contributed by atoms with Crippen LogP contribution in [0.1, 0.15) is 38.3 Å². The van der Waals surface area contributed by atoms with Crippen LogP contribution in [0.3, 0.4) is 0 Å². The van der Waals surface area contributed by atoms with Gasteiger partial charge in [0.15, 0.2) is 0 Å². The summed E-state index contributed by atoms with van der Waals surface area (Å²) in [5.74, 6) is -0.403. The molecule has 0 aliphatic heterocycles. The van der Waals surface area contributed by atoms with Crippen molar-refractivity contribution in [3.05, 3.63) is 35.4 Å². The normalized spacial score (nSPS) is 10.8. The number of carbonyl (C=O) groups is 3. The average molecular weight is 363 g/mol. The maximum absolute atomic E-state index is 11.8. The lowest BCUT2D eigenvalue weighted by molar-refractivity contribution is -0.122. The van der Waals surface area contributed by atoms with Crippen LogP contribution in [0.25, 0.3) is 0 Å². The van der Waals surface area contributed by atoms with Crippen LogP contribution >= 0.6 is 0 Å². The topological polar surface area (TPSA) is 96.5 Å². The minimum atomic E-state index is -0.642. The number of nitrogens with one attached hydrogen (secondary N) is 3. The van der Waals surface area contributed by atoms with E-state index >= 15 is 0 Å². The minimum Gasteiger partial charge on any atom is -0.444 e. The Morgan fingerprint density at radius 1 is 0.962 bits per heavy atom. The van der Waals surface area contributed by atoms with E-state index in [1.807, 2.05) is 31.2 Å². The first-order valence-electron chi connectivity index (χ1n) is 8.72. The molecule has 1 aromatic rings. The molecule has 0 aliphatic carbocycles. The van der Waals surface area contributed by atoms with E-state index in [0.29, 0.717) is 25.9 Å². The standard InChI is InChI=1S/C19H29N3O4/c1-14-7-5-6-8-15(14)9-10-16(23)20-11-12-21-17(24)13-22-18(25)26-19(2,3)4/h5-8H,9-13H2,1-4H3,(H,20,23)(H,21,24)(H,22,25). The molecule has 26 heavy (non-hydrogen) atoms. The summed E-state index contributed by atoms with van der Waals surface area (Å²) in [7, 11) is 0. The van der Waals surface area contributed by atoms with Gasteiger partial charge in [0, 0.05) is 19.5 Å². The second kappa shape index (κ2) is 10.4. The maximum Gasteiger partial charge on any atom is 0.408 e. The quantitative estimate of drug-likeness (QED) is 0.612. The lowest BCUT2D eigenvalue weighted by Crippen LogP contribution is -2.42. The Morgan fingerprint density at radius 3 is 2.19 bits per heavy atom. The van der Waals surface area contributed by atoms with Gasteiger partial charge in [0.25, 0.3) is 0 Å². The number of rotatable bonds is 8. The van der Waals surface area contributed by atoms with Crippen LogP contribution in [-0.4, -0.2) is 43.1 Å². The highest BCUT2D eigenvalue weighted by molar-refractivity contribution is 5.82. The Bertz CT molecular complexity index is 623. The highest BCUT2D eigenvalue weighted by Crippen LogP contribution is 2.09. The molecule has 3 amide bonds. The van der Waals surface area contributed by atoms with E-state index in [4.69, 9.17) is 4.74 Å². The van der Waals surface area contributed by atoms with E-state index in [2.05, 4.69) is 16.0 Å². The lowest BCUT2D eigenvalue weighted by atomic mass is 10.0. The molecule has 7 nitrogen and oxygen atoms in total. The molecule has 0 atom stereocenters. The summed E-state index contributed by atoms with van der Waals surface area (Å²) in [6, 6.07) is 7.97. The van der Waals surface area contributed by atoms with Gasteiger partial charge in [-0.15, -0.1) is 0 Å². The fourth-order valence-electron chi connectivity index (χ4n) is 2.16. The van der Waals surface area contributed by atoms with E-state index in [0.717, 1.165) is 5.56 Å². The number of aryl methyl sites for hydroxylation is 2. The summed E-state index contributed by atoms with van der Waals surface area (Å²) in [4.78, 5) is 34.9. The first-order chi connectivity index (χ1) is 12.2. The van der Waals surface area contributed by atoms with Crippen molar-refractivity contribution >= 4 is 17.9 Å². The summed E-state index contributed by atoms with van der Waals surface area (Å²) in [6.45, 7) is 7.72. The van der Waals surface area contributed by atoms with Gasteiger partial charge in [-0.05, 0) is 45.2 Å². The van der Waals surface area contributed by atoms with E-state index in [-0.39, 0.29) is 18.4 Å². The molecule has 0 unspecified atom stereocenters. The third kappa shape index (κ3) is 9.66. The molecule has 0 radical (unpaired) electrons. The number of benzene rings is 1. The molecule has 1 rings (SSSR count). The molecular weight excluding hydrogens is 334 g/mol. The number of alkyl carbamates (subject to hydrolysis) is 1. The van der Waals surface area contributed by atoms with Crippen LogP contribution in [0.2, 0.25) is 0 Å². The number of amides is 3. The highest BCUT2D eigenvalue weighted by Gasteiger charge is 2.16. The minimum absolute atomic E-state index is 0.0608. The molecule has 0 saturated heterocycles. The Labute approximate surface area is 154 Å². The average Bonchev–Trinajstić information content (AvgIpc) is 2.54. The largest absolute Gasteiger partial charge is 0.444 e. The van der Waals surface area contributed by atoms with Crippen molar-refractivity contribution in [3.8, 4) is 0 Å². The lowest BCUT2D eigenvalue weighted by Gasteiger charge is -2.19. The Kier molecular flexibility index (Phi) is 8.61. The third-order valence-corrected chi connectivity index (χ3v) is 3.44. The van der Waals surface area contributed by atoms with Gasteiger partial charge in [-0.25, -0.2) is 4.79 Å². The first kappa shape index (κ1) is 21.5. The predicted molar refractivity (Wildman–Crippen MR) is 99.8 cm³/mol. The Hall–Kier alpha value is -2.57.